The summed E-state index contributed by atoms with van der Waals surface area (Å²) in [5.41, 5.74) is 2.04. The van der Waals surface area contributed by atoms with Crippen molar-refractivity contribution in [1.82, 2.24) is 9.78 Å². The highest BCUT2D eigenvalue weighted by atomic mass is 16.2. The quantitative estimate of drug-likeness (QED) is 0.678. The van der Waals surface area contributed by atoms with E-state index in [1.54, 1.807) is 10.8 Å². The molecule has 0 unspecified atom stereocenters. The summed E-state index contributed by atoms with van der Waals surface area (Å²) >= 11 is 0. The van der Waals surface area contributed by atoms with Gasteiger partial charge in [-0.2, -0.15) is 5.10 Å². The molecular formula is C8H12N2O. The molecule has 1 aromatic rings. The number of aryl methyl sites for hydroxylation is 2. The number of aliphatic hydroxyl groups is 1. The van der Waals surface area contributed by atoms with E-state index in [-0.39, 0.29) is 6.61 Å². The highest BCUT2D eigenvalue weighted by Gasteiger charge is 1.96. The van der Waals surface area contributed by atoms with Crippen LogP contribution in [0.15, 0.2) is 12.3 Å². The highest BCUT2D eigenvalue weighted by molar-refractivity contribution is 5.50. The lowest BCUT2D eigenvalue weighted by Crippen LogP contribution is -1.86. The van der Waals surface area contributed by atoms with Gasteiger partial charge in [0.05, 0.1) is 12.3 Å². The van der Waals surface area contributed by atoms with Crippen molar-refractivity contribution >= 4 is 6.08 Å². The monoisotopic (exact) mass is 152 g/mol. The van der Waals surface area contributed by atoms with Crippen LogP contribution >= 0.6 is 0 Å². The van der Waals surface area contributed by atoms with Crippen LogP contribution in [0, 0.1) is 6.92 Å². The third-order valence-corrected chi connectivity index (χ3v) is 1.45. The molecule has 0 spiro atoms. The summed E-state index contributed by atoms with van der Waals surface area (Å²) in [6.07, 6.45) is 5.48. The highest BCUT2D eigenvalue weighted by Crippen LogP contribution is 2.05. The predicted molar refractivity (Wildman–Crippen MR) is 44.1 cm³/mol. The third-order valence-electron chi connectivity index (χ3n) is 1.45. The topological polar surface area (TPSA) is 38.0 Å². The SMILES string of the molecule is Cc1nn(C)cc1C=CCO. The molecule has 0 saturated carbocycles. The second-order valence-corrected chi connectivity index (χ2v) is 2.43. The Bertz CT molecular complexity index is 263. The first-order chi connectivity index (χ1) is 5.24. The summed E-state index contributed by atoms with van der Waals surface area (Å²) in [4.78, 5) is 0. The van der Waals surface area contributed by atoms with Gasteiger partial charge in [-0.05, 0) is 6.92 Å². The minimum Gasteiger partial charge on any atom is -0.392 e. The molecule has 0 saturated heterocycles. The summed E-state index contributed by atoms with van der Waals surface area (Å²) in [5.74, 6) is 0. The second-order valence-electron chi connectivity index (χ2n) is 2.43. The van der Waals surface area contributed by atoms with E-state index in [1.807, 2.05) is 26.2 Å². The van der Waals surface area contributed by atoms with Gasteiger partial charge in [0.25, 0.3) is 0 Å². The van der Waals surface area contributed by atoms with Crippen molar-refractivity contribution in [2.75, 3.05) is 6.61 Å². The molecule has 0 amide bonds. The maximum absolute atomic E-state index is 8.51. The summed E-state index contributed by atoms with van der Waals surface area (Å²) in [7, 11) is 1.88. The van der Waals surface area contributed by atoms with Crippen molar-refractivity contribution in [3.8, 4) is 0 Å². The van der Waals surface area contributed by atoms with Gasteiger partial charge in [-0.15, -0.1) is 0 Å². The summed E-state index contributed by atoms with van der Waals surface area (Å²) in [5, 5.41) is 12.7. The maximum atomic E-state index is 8.51. The van der Waals surface area contributed by atoms with Gasteiger partial charge in [-0.25, -0.2) is 0 Å². The Kier molecular flexibility index (Phi) is 2.44. The number of rotatable bonds is 2. The number of hydrogen-bond acceptors (Lipinski definition) is 2. The molecule has 0 aromatic carbocycles. The molecule has 0 radical (unpaired) electrons. The average Bonchev–Trinajstić information content (AvgIpc) is 2.26. The second kappa shape index (κ2) is 3.34. The van der Waals surface area contributed by atoms with Gasteiger partial charge in [0.2, 0.25) is 0 Å². The zero-order valence-electron chi connectivity index (χ0n) is 6.78. The summed E-state index contributed by atoms with van der Waals surface area (Å²) in [6, 6.07) is 0. The zero-order valence-corrected chi connectivity index (χ0v) is 6.78. The van der Waals surface area contributed by atoms with Crippen molar-refractivity contribution in [3.63, 3.8) is 0 Å². The van der Waals surface area contributed by atoms with Crippen LogP contribution in [0.2, 0.25) is 0 Å². The number of nitrogens with zero attached hydrogens (tertiary/aromatic N) is 2. The van der Waals surface area contributed by atoms with Crippen LogP contribution in [0.5, 0.6) is 0 Å². The fourth-order valence-corrected chi connectivity index (χ4v) is 0.961. The first-order valence-corrected chi connectivity index (χ1v) is 3.51. The Morgan fingerprint density at radius 2 is 2.45 bits per heavy atom. The maximum Gasteiger partial charge on any atom is 0.0665 e. The van der Waals surface area contributed by atoms with Gasteiger partial charge in [-0.1, -0.05) is 12.2 Å². The van der Waals surface area contributed by atoms with Crippen molar-refractivity contribution in [2.45, 2.75) is 6.92 Å². The lowest BCUT2D eigenvalue weighted by atomic mass is 10.2. The van der Waals surface area contributed by atoms with Gasteiger partial charge < -0.3 is 5.11 Å². The molecule has 0 fully saturated rings. The Balaban J connectivity index is 2.85. The fraction of sp³-hybridized carbons (Fsp3) is 0.375. The molecular weight excluding hydrogens is 140 g/mol. The van der Waals surface area contributed by atoms with E-state index in [0.717, 1.165) is 11.3 Å². The average molecular weight is 152 g/mol. The van der Waals surface area contributed by atoms with Gasteiger partial charge in [0.15, 0.2) is 0 Å². The molecule has 0 aliphatic rings. The fourth-order valence-electron chi connectivity index (χ4n) is 0.961. The van der Waals surface area contributed by atoms with E-state index >= 15 is 0 Å². The van der Waals surface area contributed by atoms with E-state index in [2.05, 4.69) is 5.10 Å². The normalized spacial score (nSPS) is 11.2. The molecule has 0 atom stereocenters. The van der Waals surface area contributed by atoms with Crippen molar-refractivity contribution in [1.29, 1.82) is 0 Å². The molecule has 3 heteroatoms. The Morgan fingerprint density at radius 3 is 2.91 bits per heavy atom. The standard InChI is InChI=1S/C8H12N2O/c1-7-8(4-3-5-11)6-10(2)9-7/h3-4,6,11H,5H2,1-2H3. The molecule has 1 heterocycles. The molecule has 60 valence electrons. The van der Waals surface area contributed by atoms with Gasteiger partial charge in [0, 0.05) is 18.8 Å². The van der Waals surface area contributed by atoms with Crippen molar-refractivity contribution < 1.29 is 5.11 Å². The van der Waals surface area contributed by atoms with E-state index in [1.165, 1.54) is 0 Å². The Labute approximate surface area is 66.0 Å². The van der Waals surface area contributed by atoms with Crippen molar-refractivity contribution in [2.24, 2.45) is 7.05 Å². The molecule has 0 bridgehead atoms. The lowest BCUT2D eigenvalue weighted by Gasteiger charge is -1.84. The first-order valence-electron chi connectivity index (χ1n) is 3.51. The van der Waals surface area contributed by atoms with Crippen LogP contribution in [-0.4, -0.2) is 21.5 Å². The van der Waals surface area contributed by atoms with E-state index in [9.17, 15) is 0 Å². The first kappa shape index (κ1) is 8.01. The van der Waals surface area contributed by atoms with Crippen LogP contribution in [0.3, 0.4) is 0 Å². The van der Waals surface area contributed by atoms with E-state index in [4.69, 9.17) is 5.11 Å². The summed E-state index contributed by atoms with van der Waals surface area (Å²) in [6.45, 7) is 2.02. The predicted octanol–water partition coefficient (Wildman–Crippen LogP) is 0.734. The van der Waals surface area contributed by atoms with Gasteiger partial charge >= 0.3 is 0 Å². The number of hydrogen-bond donors (Lipinski definition) is 1. The lowest BCUT2D eigenvalue weighted by molar-refractivity contribution is 0.343. The van der Waals surface area contributed by atoms with E-state index in [0.29, 0.717) is 0 Å². The van der Waals surface area contributed by atoms with Crippen LogP contribution in [0.25, 0.3) is 6.08 Å². The van der Waals surface area contributed by atoms with Crippen molar-refractivity contribution in [3.05, 3.63) is 23.5 Å². The largest absolute Gasteiger partial charge is 0.392 e. The van der Waals surface area contributed by atoms with Crippen LogP contribution in [-0.2, 0) is 7.05 Å². The van der Waals surface area contributed by atoms with E-state index < -0.39 is 0 Å². The zero-order chi connectivity index (χ0) is 8.27. The Morgan fingerprint density at radius 1 is 1.73 bits per heavy atom. The van der Waals surface area contributed by atoms with Gasteiger partial charge in [-0.3, -0.25) is 4.68 Å². The minimum absolute atomic E-state index is 0.0777. The Hall–Kier alpha value is -1.09. The number of aliphatic hydroxyl groups excluding tert-OH is 1. The van der Waals surface area contributed by atoms with Gasteiger partial charge in [0.1, 0.15) is 0 Å². The molecule has 3 nitrogen and oxygen atoms in total. The molecule has 0 aliphatic carbocycles. The van der Waals surface area contributed by atoms with Crippen LogP contribution in [0.1, 0.15) is 11.3 Å². The molecule has 1 rings (SSSR count). The molecule has 11 heavy (non-hydrogen) atoms. The molecule has 0 aliphatic heterocycles. The molecule has 1 aromatic heterocycles. The molecule has 1 N–H and O–H groups in total. The van der Waals surface area contributed by atoms with Crippen LogP contribution < -0.4 is 0 Å². The smallest absolute Gasteiger partial charge is 0.0665 e. The third kappa shape index (κ3) is 1.91. The van der Waals surface area contributed by atoms with Crippen LogP contribution in [0.4, 0.5) is 0 Å². The summed E-state index contributed by atoms with van der Waals surface area (Å²) < 4.78 is 1.76. The minimum atomic E-state index is 0.0777. The number of aromatic nitrogens is 2.